The molecule has 1 saturated heterocycles. The minimum Gasteiger partial charge on any atom is -0.281 e. The molecule has 1 fully saturated rings. The quantitative estimate of drug-likeness (QED) is 0.498. The first-order chi connectivity index (χ1) is 8.19. The van der Waals surface area contributed by atoms with Crippen LogP contribution in [0.2, 0.25) is 0 Å². The van der Waals surface area contributed by atoms with Gasteiger partial charge in [-0.3, -0.25) is 19.4 Å². The molecule has 0 aromatic heterocycles. The molecule has 0 saturated carbocycles. The summed E-state index contributed by atoms with van der Waals surface area (Å²) in [6, 6.07) is 0. The molecular formula is C13H16N2O2. The lowest BCUT2D eigenvalue weighted by molar-refractivity contribution is -0.138. The zero-order valence-electron chi connectivity index (χ0n) is 10.0. The van der Waals surface area contributed by atoms with Gasteiger partial charge >= 0.3 is 0 Å². The molecule has 1 aliphatic rings. The number of terminal acetylenes is 1. The van der Waals surface area contributed by atoms with Crippen molar-refractivity contribution in [2.75, 3.05) is 26.2 Å². The molecular weight excluding hydrogens is 216 g/mol. The molecule has 1 aliphatic heterocycles. The molecule has 4 nitrogen and oxygen atoms in total. The van der Waals surface area contributed by atoms with E-state index in [1.54, 1.807) is 6.92 Å². The zero-order chi connectivity index (χ0) is 12.7. The van der Waals surface area contributed by atoms with Crippen LogP contribution in [0.15, 0.2) is 0 Å². The second-order valence-electron chi connectivity index (χ2n) is 3.78. The Labute approximate surface area is 102 Å². The van der Waals surface area contributed by atoms with Crippen LogP contribution in [0.4, 0.5) is 0 Å². The van der Waals surface area contributed by atoms with Crippen LogP contribution in [0, 0.1) is 24.2 Å². The predicted molar refractivity (Wildman–Crippen MR) is 64.7 cm³/mol. The fourth-order valence-corrected chi connectivity index (χ4v) is 1.65. The van der Waals surface area contributed by atoms with Gasteiger partial charge in [0.05, 0.1) is 13.1 Å². The summed E-state index contributed by atoms with van der Waals surface area (Å²) in [5.41, 5.74) is 0. The fourth-order valence-electron chi connectivity index (χ4n) is 1.65. The number of imide groups is 1. The van der Waals surface area contributed by atoms with Gasteiger partial charge in [-0.1, -0.05) is 11.8 Å². The number of hydrogen-bond donors (Lipinski definition) is 0. The summed E-state index contributed by atoms with van der Waals surface area (Å²) < 4.78 is 0. The van der Waals surface area contributed by atoms with Crippen LogP contribution in [0.5, 0.6) is 0 Å². The Hall–Kier alpha value is -1.78. The third-order valence-electron chi connectivity index (χ3n) is 2.59. The van der Waals surface area contributed by atoms with E-state index in [-0.39, 0.29) is 11.8 Å². The number of likely N-dealkylation sites (tertiary alicyclic amines) is 1. The summed E-state index contributed by atoms with van der Waals surface area (Å²) in [5, 5.41) is 0. The minimum atomic E-state index is -0.0859. The molecule has 1 heterocycles. The maximum atomic E-state index is 11.4. The molecule has 0 N–H and O–H groups in total. The third kappa shape index (κ3) is 3.94. The Morgan fingerprint density at radius 1 is 1.29 bits per heavy atom. The van der Waals surface area contributed by atoms with Gasteiger partial charge in [-0.2, -0.15) is 0 Å². The molecule has 0 aromatic rings. The van der Waals surface area contributed by atoms with Crippen molar-refractivity contribution in [3.05, 3.63) is 0 Å². The number of nitrogens with zero attached hydrogens (tertiary/aromatic N) is 2. The van der Waals surface area contributed by atoms with Crippen molar-refractivity contribution in [1.82, 2.24) is 9.80 Å². The van der Waals surface area contributed by atoms with Crippen molar-refractivity contribution in [3.8, 4) is 24.2 Å². The largest absolute Gasteiger partial charge is 0.281 e. The number of carbonyl (C=O) groups is 2. The van der Waals surface area contributed by atoms with Gasteiger partial charge < -0.3 is 0 Å². The van der Waals surface area contributed by atoms with Crippen molar-refractivity contribution in [3.63, 3.8) is 0 Å². The summed E-state index contributed by atoms with van der Waals surface area (Å²) >= 11 is 0. The number of hydrogen-bond acceptors (Lipinski definition) is 3. The van der Waals surface area contributed by atoms with E-state index >= 15 is 0 Å². The van der Waals surface area contributed by atoms with E-state index in [2.05, 4.69) is 17.8 Å². The number of rotatable bonds is 5. The van der Waals surface area contributed by atoms with Gasteiger partial charge in [-0.05, 0) is 6.92 Å². The van der Waals surface area contributed by atoms with Gasteiger partial charge in [0.15, 0.2) is 0 Å². The Morgan fingerprint density at radius 3 is 2.47 bits per heavy atom. The van der Waals surface area contributed by atoms with Crippen LogP contribution in [0.3, 0.4) is 0 Å². The van der Waals surface area contributed by atoms with Crippen molar-refractivity contribution in [1.29, 1.82) is 0 Å². The molecule has 0 aromatic carbocycles. The van der Waals surface area contributed by atoms with Gasteiger partial charge in [0.2, 0.25) is 11.8 Å². The summed E-state index contributed by atoms with van der Waals surface area (Å²) in [4.78, 5) is 26.0. The standard InChI is InChI=1S/C13H16N2O2/c1-3-5-9-14(8-4-2)10-11-15-12(16)6-7-13(15)17/h2H,6-11H2,1H3. The molecule has 0 spiro atoms. The smallest absolute Gasteiger partial charge is 0.229 e. The first-order valence-electron chi connectivity index (χ1n) is 5.57. The van der Waals surface area contributed by atoms with E-state index in [1.807, 2.05) is 4.90 Å². The van der Waals surface area contributed by atoms with Crippen LogP contribution < -0.4 is 0 Å². The maximum absolute atomic E-state index is 11.4. The average Bonchev–Trinajstić information content (AvgIpc) is 2.63. The molecule has 4 heteroatoms. The van der Waals surface area contributed by atoms with E-state index in [0.29, 0.717) is 39.0 Å². The van der Waals surface area contributed by atoms with Gasteiger partial charge in [0.25, 0.3) is 0 Å². The van der Waals surface area contributed by atoms with Crippen molar-refractivity contribution < 1.29 is 9.59 Å². The van der Waals surface area contributed by atoms with Crippen LogP contribution in [0.1, 0.15) is 19.8 Å². The molecule has 2 amide bonds. The molecule has 1 rings (SSSR count). The highest BCUT2D eigenvalue weighted by Crippen LogP contribution is 2.10. The van der Waals surface area contributed by atoms with Crippen molar-refractivity contribution in [2.45, 2.75) is 19.8 Å². The molecule has 0 unspecified atom stereocenters. The summed E-state index contributed by atoms with van der Waals surface area (Å²) in [6.07, 6.45) is 5.92. The van der Waals surface area contributed by atoms with Crippen LogP contribution in [-0.4, -0.2) is 47.8 Å². The molecule has 0 bridgehead atoms. The lowest BCUT2D eigenvalue weighted by atomic mass is 10.4. The van der Waals surface area contributed by atoms with E-state index in [9.17, 15) is 9.59 Å². The average molecular weight is 232 g/mol. The van der Waals surface area contributed by atoms with Gasteiger partial charge in [-0.15, -0.1) is 12.3 Å². The zero-order valence-corrected chi connectivity index (χ0v) is 10.0. The molecule has 17 heavy (non-hydrogen) atoms. The van der Waals surface area contributed by atoms with Crippen LogP contribution >= 0.6 is 0 Å². The minimum absolute atomic E-state index is 0.0859. The Balaban J connectivity index is 2.45. The maximum Gasteiger partial charge on any atom is 0.229 e. The van der Waals surface area contributed by atoms with E-state index in [4.69, 9.17) is 6.42 Å². The first-order valence-corrected chi connectivity index (χ1v) is 5.57. The monoisotopic (exact) mass is 232 g/mol. The van der Waals surface area contributed by atoms with Crippen molar-refractivity contribution in [2.24, 2.45) is 0 Å². The van der Waals surface area contributed by atoms with Crippen LogP contribution in [-0.2, 0) is 9.59 Å². The molecule has 0 atom stereocenters. The lowest BCUT2D eigenvalue weighted by Gasteiger charge is -2.20. The molecule has 0 radical (unpaired) electrons. The lowest BCUT2D eigenvalue weighted by Crippen LogP contribution is -2.38. The topological polar surface area (TPSA) is 40.6 Å². The van der Waals surface area contributed by atoms with Crippen molar-refractivity contribution >= 4 is 11.8 Å². The third-order valence-corrected chi connectivity index (χ3v) is 2.59. The second-order valence-corrected chi connectivity index (χ2v) is 3.78. The highest BCUT2D eigenvalue weighted by molar-refractivity contribution is 6.01. The van der Waals surface area contributed by atoms with E-state index in [1.165, 1.54) is 4.90 Å². The Bertz CT molecular complexity index is 382. The number of carbonyl (C=O) groups excluding carboxylic acids is 2. The first kappa shape index (κ1) is 13.3. The normalized spacial score (nSPS) is 14.8. The SMILES string of the molecule is C#CCN(CC#CC)CCN1C(=O)CCC1=O. The summed E-state index contributed by atoms with van der Waals surface area (Å²) in [5.74, 6) is 8.09. The highest BCUT2D eigenvalue weighted by atomic mass is 16.2. The van der Waals surface area contributed by atoms with Crippen LogP contribution in [0.25, 0.3) is 0 Å². The second kappa shape index (κ2) is 6.73. The van der Waals surface area contributed by atoms with E-state index < -0.39 is 0 Å². The van der Waals surface area contributed by atoms with E-state index in [0.717, 1.165) is 0 Å². The predicted octanol–water partition coefficient (Wildman–Crippen LogP) is 0.0939. The highest BCUT2D eigenvalue weighted by Gasteiger charge is 2.28. The molecule has 90 valence electrons. The Kier molecular flexibility index (Phi) is 5.26. The van der Waals surface area contributed by atoms with Gasteiger partial charge in [0, 0.05) is 25.9 Å². The summed E-state index contributed by atoms with van der Waals surface area (Å²) in [7, 11) is 0. The van der Waals surface area contributed by atoms with Gasteiger partial charge in [0.1, 0.15) is 0 Å². The Morgan fingerprint density at radius 2 is 1.94 bits per heavy atom. The fraction of sp³-hybridized carbons (Fsp3) is 0.538. The summed E-state index contributed by atoms with van der Waals surface area (Å²) in [6.45, 7) is 3.80. The molecule has 0 aliphatic carbocycles. The number of amides is 2. The van der Waals surface area contributed by atoms with Gasteiger partial charge in [-0.25, -0.2) is 0 Å².